The van der Waals surface area contributed by atoms with Crippen molar-refractivity contribution in [3.63, 3.8) is 0 Å². The zero-order chi connectivity index (χ0) is 19.7. The topological polar surface area (TPSA) is 0 Å². The van der Waals surface area contributed by atoms with Crippen molar-refractivity contribution in [1.29, 1.82) is 0 Å². The summed E-state index contributed by atoms with van der Waals surface area (Å²) in [5, 5.41) is 0.825. The van der Waals surface area contributed by atoms with Crippen molar-refractivity contribution >= 4 is 22.2 Å². The molecule has 0 saturated carbocycles. The first-order valence-electron chi connectivity index (χ1n) is 9.41. The van der Waals surface area contributed by atoms with Crippen LogP contribution in [-0.4, -0.2) is 0 Å². The summed E-state index contributed by atoms with van der Waals surface area (Å²) >= 11 is 7.17. The Balaban J connectivity index is 2.41. The predicted molar refractivity (Wildman–Crippen MR) is 120 cm³/mol. The second-order valence-corrected chi connectivity index (χ2v) is 7.98. The predicted octanol–water partition coefficient (Wildman–Crippen LogP) is 7.69. The van der Waals surface area contributed by atoms with Gasteiger partial charge in [0.25, 0.3) is 0 Å². The van der Waals surface area contributed by atoms with Gasteiger partial charge in [-0.05, 0) is 80.5 Å². The van der Waals surface area contributed by atoms with Gasteiger partial charge in [-0.25, -0.2) is 0 Å². The first kappa shape index (κ1) is 19.5. The van der Waals surface area contributed by atoms with Crippen LogP contribution in [0.1, 0.15) is 50.1 Å². The standard InChI is InChI=1S/C26H27Cl/c1-16-12-18(3)23(19(4)13-16)25(22-10-8-7-9-11-22)26(27)24-20(5)14-17(2)15-21(24)6/h7-15H,1-6H3/b26-25-. The molecule has 0 heterocycles. The van der Waals surface area contributed by atoms with Gasteiger partial charge < -0.3 is 0 Å². The summed E-state index contributed by atoms with van der Waals surface area (Å²) in [6, 6.07) is 19.4. The van der Waals surface area contributed by atoms with Crippen LogP contribution in [0.5, 0.6) is 0 Å². The van der Waals surface area contributed by atoms with Gasteiger partial charge in [0.1, 0.15) is 0 Å². The third-order valence-electron chi connectivity index (χ3n) is 5.11. The van der Waals surface area contributed by atoms with E-state index in [0.717, 1.165) is 21.7 Å². The summed E-state index contributed by atoms with van der Waals surface area (Å²) in [5.74, 6) is 0. The normalized spacial score (nSPS) is 12.1. The number of hydrogen-bond acceptors (Lipinski definition) is 0. The molecule has 1 heteroatoms. The van der Waals surface area contributed by atoms with Crippen LogP contribution >= 0.6 is 11.6 Å². The highest BCUT2D eigenvalue weighted by atomic mass is 35.5. The summed E-state index contributed by atoms with van der Waals surface area (Å²) in [7, 11) is 0. The highest BCUT2D eigenvalue weighted by molar-refractivity contribution is 6.53. The van der Waals surface area contributed by atoms with Gasteiger partial charge in [-0.3, -0.25) is 0 Å². The van der Waals surface area contributed by atoms with Gasteiger partial charge >= 0.3 is 0 Å². The number of halogens is 1. The lowest BCUT2D eigenvalue weighted by Crippen LogP contribution is -2.01. The van der Waals surface area contributed by atoms with Crippen LogP contribution in [0.3, 0.4) is 0 Å². The Morgan fingerprint density at radius 2 is 1.00 bits per heavy atom. The minimum absolute atomic E-state index is 0.825. The fourth-order valence-electron chi connectivity index (χ4n) is 4.21. The largest absolute Gasteiger partial charge is 0.0830 e. The van der Waals surface area contributed by atoms with Gasteiger partial charge in [-0.1, -0.05) is 77.3 Å². The van der Waals surface area contributed by atoms with E-state index in [1.807, 2.05) is 6.07 Å². The molecule has 138 valence electrons. The second kappa shape index (κ2) is 7.74. The van der Waals surface area contributed by atoms with Gasteiger partial charge in [0.2, 0.25) is 0 Å². The molecule has 0 bridgehead atoms. The SMILES string of the molecule is Cc1cc(C)c(/C(Cl)=C(\c2ccccc2)c2c(C)cc(C)cc2C)c(C)c1. The first-order chi connectivity index (χ1) is 12.8. The molecular formula is C26H27Cl. The van der Waals surface area contributed by atoms with Crippen LogP contribution in [0.15, 0.2) is 54.6 Å². The highest BCUT2D eigenvalue weighted by Gasteiger charge is 2.19. The van der Waals surface area contributed by atoms with Gasteiger partial charge in [0, 0.05) is 5.57 Å². The van der Waals surface area contributed by atoms with Crippen LogP contribution in [0.2, 0.25) is 0 Å². The van der Waals surface area contributed by atoms with E-state index in [0.29, 0.717) is 0 Å². The van der Waals surface area contributed by atoms with Crippen LogP contribution in [0.25, 0.3) is 10.6 Å². The lowest BCUT2D eigenvalue weighted by atomic mass is 9.87. The molecule has 0 radical (unpaired) electrons. The molecule has 3 rings (SSSR count). The van der Waals surface area contributed by atoms with Crippen molar-refractivity contribution in [2.45, 2.75) is 41.5 Å². The average molecular weight is 375 g/mol. The molecule has 3 aromatic rings. The molecule has 3 aromatic carbocycles. The fraction of sp³-hybridized carbons (Fsp3) is 0.231. The molecule has 0 aliphatic carbocycles. The summed E-state index contributed by atoms with van der Waals surface area (Å²) in [6.45, 7) is 12.9. The van der Waals surface area contributed by atoms with Crippen LogP contribution in [-0.2, 0) is 0 Å². The minimum atomic E-state index is 0.825. The average Bonchev–Trinajstić information content (AvgIpc) is 2.57. The monoisotopic (exact) mass is 374 g/mol. The summed E-state index contributed by atoms with van der Waals surface area (Å²) in [4.78, 5) is 0. The Morgan fingerprint density at radius 3 is 1.44 bits per heavy atom. The van der Waals surface area contributed by atoms with E-state index in [-0.39, 0.29) is 0 Å². The molecule has 0 aliphatic rings. The quantitative estimate of drug-likeness (QED) is 0.412. The molecule has 0 nitrogen and oxygen atoms in total. The van der Waals surface area contributed by atoms with Crippen molar-refractivity contribution in [3.05, 3.63) is 105 Å². The Hall–Kier alpha value is -2.31. The fourth-order valence-corrected chi connectivity index (χ4v) is 4.71. The molecular weight excluding hydrogens is 348 g/mol. The lowest BCUT2D eigenvalue weighted by molar-refractivity contribution is 1.28. The van der Waals surface area contributed by atoms with Crippen molar-refractivity contribution in [2.24, 2.45) is 0 Å². The van der Waals surface area contributed by atoms with Crippen molar-refractivity contribution in [1.82, 2.24) is 0 Å². The van der Waals surface area contributed by atoms with E-state index in [1.54, 1.807) is 0 Å². The van der Waals surface area contributed by atoms with Crippen molar-refractivity contribution < 1.29 is 0 Å². The summed E-state index contributed by atoms with van der Waals surface area (Å²) < 4.78 is 0. The first-order valence-corrected chi connectivity index (χ1v) is 9.79. The molecule has 0 saturated heterocycles. The Labute approximate surface area is 168 Å². The molecule has 0 fully saturated rings. The van der Waals surface area contributed by atoms with E-state index in [1.165, 1.54) is 38.9 Å². The van der Waals surface area contributed by atoms with Gasteiger partial charge in [-0.15, -0.1) is 0 Å². The Morgan fingerprint density at radius 1 is 0.593 bits per heavy atom. The zero-order valence-electron chi connectivity index (χ0n) is 17.1. The third-order valence-corrected chi connectivity index (χ3v) is 5.48. The second-order valence-electron chi connectivity index (χ2n) is 7.60. The van der Waals surface area contributed by atoms with Crippen LogP contribution in [0.4, 0.5) is 0 Å². The van der Waals surface area contributed by atoms with E-state index >= 15 is 0 Å². The summed E-state index contributed by atoms with van der Waals surface area (Å²) in [5.41, 5.74) is 12.1. The minimum Gasteiger partial charge on any atom is -0.0830 e. The highest BCUT2D eigenvalue weighted by Crippen LogP contribution is 2.40. The number of benzene rings is 3. The van der Waals surface area contributed by atoms with E-state index in [2.05, 4.69) is 90.1 Å². The van der Waals surface area contributed by atoms with Gasteiger partial charge in [-0.2, -0.15) is 0 Å². The van der Waals surface area contributed by atoms with Crippen molar-refractivity contribution in [3.8, 4) is 0 Å². The van der Waals surface area contributed by atoms with Crippen molar-refractivity contribution in [2.75, 3.05) is 0 Å². The van der Waals surface area contributed by atoms with E-state index < -0.39 is 0 Å². The molecule has 0 amide bonds. The van der Waals surface area contributed by atoms with E-state index in [9.17, 15) is 0 Å². The maximum Gasteiger partial charge on any atom is 0.0568 e. The molecule has 0 aliphatic heterocycles. The Bertz CT molecular complexity index is 977. The smallest absolute Gasteiger partial charge is 0.0568 e. The zero-order valence-corrected chi connectivity index (χ0v) is 17.8. The molecule has 0 N–H and O–H groups in total. The molecule has 0 atom stereocenters. The van der Waals surface area contributed by atoms with Gasteiger partial charge in [0.15, 0.2) is 0 Å². The van der Waals surface area contributed by atoms with E-state index in [4.69, 9.17) is 11.6 Å². The number of rotatable bonds is 3. The molecule has 27 heavy (non-hydrogen) atoms. The maximum atomic E-state index is 7.17. The maximum absolute atomic E-state index is 7.17. The van der Waals surface area contributed by atoms with Crippen LogP contribution in [0, 0.1) is 41.5 Å². The molecule has 0 spiro atoms. The third kappa shape index (κ3) is 3.87. The number of hydrogen-bond donors (Lipinski definition) is 0. The summed E-state index contributed by atoms with van der Waals surface area (Å²) in [6.07, 6.45) is 0. The lowest BCUT2D eigenvalue weighted by Gasteiger charge is -2.20. The Kier molecular flexibility index (Phi) is 5.58. The van der Waals surface area contributed by atoms with Gasteiger partial charge in [0.05, 0.1) is 5.03 Å². The molecule has 0 unspecified atom stereocenters. The molecule has 0 aromatic heterocycles. The van der Waals surface area contributed by atoms with Crippen LogP contribution < -0.4 is 0 Å². The number of aryl methyl sites for hydroxylation is 6.